The van der Waals surface area contributed by atoms with Crippen molar-refractivity contribution in [2.24, 2.45) is 11.3 Å². The van der Waals surface area contributed by atoms with E-state index in [1.165, 1.54) is 0 Å². The van der Waals surface area contributed by atoms with E-state index in [1.54, 1.807) is 14.0 Å². The van der Waals surface area contributed by atoms with Gasteiger partial charge in [-0.1, -0.05) is 19.4 Å². The van der Waals surface area contributed by atoms with E-state index in [-0.39, 0.29) is 5.41 Å². The minimum atomic E-state index is -0.820. The molecule has 0 heterocycles. The maximum Gasteiger partial charge on any atom is 0.331 e. The van der Waals surface area contributed by atoms with Crippen molar-refractivity contribution in [2.75, 3.05) is 20.5 Å². The first-order chi connectivity index (χ1) is 7.41. The van der Waals surface area contributed by atoms with Crippen molar-refractivity contribution in [3.8, 4) is 0 Å². The quantitative estimate of drug-likeness (QED) is 0.444. The number of methoxy groups -OCH3 is 1. The van der Waals surface area contributed by atoms with Gasteiger partial charge in [-0.15, -0.1) is 0 Å². The number of hydrogen-bond acceptors (Lipinski definition) is 3. The third-order valence-electron chi connectivity index (χ3n) is 3.54. The van der Waals surface area contributed by atoms with Gasteiger partial charge in [-0.2, -0.15) is 0 Å². The van der Waals surface area contributed by atoms with Gasteiger partial charge in [0.25, 0.3) is 0 Å². The fraction of sp³-hybridized carbons (Fsp3) is 0.750. The van der Waals surface area contributed by atoms with E-state index in [4.69, 9.17) is 14.6 Å². The molecule has 1 rings (SSSR count). The summed E-state index contributed by atoms with van der Waals surface area (Å²) in [6.45, 7) is 6.73. The molecule has 0 aromatic carbocycles. The Hall–Kier alpha value is -0.870. The molecule has 92 valence electrons. The number of rotatable bonds is 5. The number of carbonyl (C=O) groups is 1. The summed E-state index contributed by atoms with van der Waals surface area (Å²) in [4.78, 5) is 10.9. The van der Waals surface area contributed by atoms with Crippen LogP contribution in [0.15, 0.2) is 11.1 Å². The second kappa shape index (κ2) is 4.97. The van der Waals surface area contributed by atoms with Crippen molar-refractivity contribution < 1.29 is 19.4 Å². The minimum absolute atomic E-state index is 0.0732. The Morgan fingerprint density at radius 1 is 1.56 bits per heavy atom. The van der Waals surface area contributed by atoms with E-state index < -0.39 is 5.97 Å². The number of allylic oxidation sites excluding steroid dienone is 1. The van der Waals surface area contributed by atoms with Crippen LogP contribution in [0.25, 0.3) is 0 Å². The third kappa shape index (κ3) is 2.44. The summed E-state index contributed by atoms with van der Waals surface area (Å²) in [5.74, 6) is -0.439. The Labute approximate surface area is 96.2 Å². The lowest BCUT2D eigenvalue weighted by Crippen LogP contribution is -2.42. The van der Waals surface area contributed by atoms with Gasteiger partial charge in [0.05, 0.1) is 6.61 Å². The summed E-state index contributed by atoms with van der Waals surface area (Å²) in [6, 6.07) is 0. The number of ether oxygens (including phenoxy) is 2. The van der Waals surface area contributed by atoms with E-state index in [9.17, 15) is 4.79 Å². The molecular weight excluding hydrogens is 208 g/mol. The first-order valence-electron chi connectivity index (χ1n) is 5.41. The van der Waals surface area contributed by atoms with E-state index in [1.807, 2.05) is 0 Å². The lowest BCUT2D eigenvalue weighted by atomic mass is 9.57. The molecule has 1 aliphatic carbocycles. The van der Waals surface area contributed by atoms with Crippen LogP contribution in [0.3, 0.4) is 0 Å². The molecule has 0 spiro atoms. The van der Waals surface area contributed by atoms with Gasteiger partial charge in [0.2, 0.25) is 0 Å². The van der Waals surface area contributed by atoms with Gasteiger partial charge in [-0.05, 0) is 24.7 Å². The molecule has 1 saturated carbocycles. The minimum Gasteiger partial charge on any atom is -0.478 e. The summed E-state index contributed by atoms with van der Waals surface area (Å²) in [5, 5.41) is 8.94. The molecular formula is C12H20O4. The summed E-state index contributed by atoms with van der Waals surface area (Å²) >= 11 is 0. The molecule has 1 atom stereocenters. The van der Waals surface area contributed by atoms with Crippen LogP contribution in [0, 0.1) is 11.3 Å². The highest BCUT2D eigenvalue weighted by Crippen LogP contribution is 2.52. The van der Waals surface area contributed by atoms with E-state index in [0.717, 1.165) is 12.0 Å². The Bertz CT molecular complexity index is 304. The van der Waals surface area contributed by atoms with Crippen LogP contribution in [-0.2, 0) is 14.3 Å². The van der Waals surface area contributed by atoms with Crippen LogP contribution in [-0.4, -0.2) is 31.6 Å². The Morgan fingerprint density at radius 2 is 2.19 bits per heavy atom. The average molecular weight is 228 g/mol. The van der Waals surface area contributed by atoms with Crippen molar-refractivity contribution in [3.63, 3.8) is 0 Å². The second-order valence-electron chi connectivity index (χ2n) is 4.81. The normalized spacial score (nSPS) is 26.1. The fourth-order valence-corrected chi connectivity index (χ4v) is 2.19. The van der Waals surface area contributed by atoms with Gasteiger partial charge >= 0.3 is 5.97 Å². The van der Waals surface area contributed by atoms with E-state index in [2.05, 4.69) is 13.8 Å². The molecule has 1 aliphatic rings. The molecule has 0 saturated heterocycles. The Balaban J connectivity index is 2.60. The smallest absolute Gasteiger partial charge is 0.331 e. The van der Waals surface area contributed by atoms with Gasteiger partial charge in [-0.3, -0.25) is 0 Å². The molecule has 0 amide bonds. The second-order valence-corrected chi connectivity index (χ2v) is 4.81. The monoisotopic (exact) mass is 228 g/mol. The molecule has 4 heteroatoms. The van der Waals surface area contributed by atoms with Gasteiger partial charge < -0.3 is 14.6 Å². The highest BCUT2D eigenvalue weighted by Gasteiger charge is 2.45. The Kier molecular flexibility index (Phi) is 4.10. The molecule has 1 N–H and O–H groups in total. The molecule has 1 unspecified atom stereocenters. The largest absolute Gasteiger partial charge is 0.478 e. The number of aliphatic carboxylic acids is 1. The van der Waals surface area contributed by atoms with Gasteiger partial charge in [-0.25, -0.2) is 4.79 Å². The lowest BCUT2D eigenvalue weighted by Gasteiger charge is -2.48. The zero-order chi connectivity index (χ0) is 12.3. The van der Waals surface area contributed by atoms with Gasteiger partial charge in [0.1, 0.15) is 6.79 Å². The van der Waals surface area contributed by atoms with Crippen LogP contribution in [0.5, 0.6) is 0 Å². The molecule has 0 aromatic heterocycles. The predicted molar refractivity (Wildman–Crippen MR) is 60.1 cm³/mol. The molecule has 1 fully saturated rings. The summed E-state index contributed by atoms with van der Waals surface area (Å²) in [6.07, 6.45) is 0.814. The summed E-state index contributed by atoms with van der Waals surface area (Å²) in [7, 11) is 1.59. The van der Waals surface area contributed by atoms with Crippen LogP contribution >= 0.6 is 0 Å². The molecule has 16 heavy (non-hydrogen) atoms. The lowest BCUT2D eigenvalue weighted by molar-refractivity contribution is -0.133. The summed E-state index contributed by atoms with van der Waals surface area (Å²) in [5.41, 5.74) is 1.44. The Morgan fingerprint density at radius 3 is 2.62 bits per heavy atom. The molecule has 0 bridgehead atoms. The highest BCUT2D eigenvalue weighted by molar-refractivity contribution is 5.87. The number of carboxylic acid groups (broad SMARTS) is 1. The molecule has 0 radical (unpaired) electrons. The van der Waals surface area contributed by atoms with Crippen LogP contribution < -0.4 is 0 Å². The van der Waals surface area contributed by atoms with E-state index >= 15 is 0 Å². The fourth-order valence-electron chi connectivity index (χ4n) is 2.19. The van der Waals surface area contributed by atoms with Crippen molar-refractivity contribution in [2.45, 2.75) is 27.2 Å². The number of carboxylic acids is 1. The molecule has 0 aliphatic heterocycles. The predicted octanol–water partition coefficient (Wildman–Crippen LogP) is 2.05. The van der Waals surface area contributed by atoms with Gasteiger partial charge in [0.15, 0.2) is 0 Å². The van der Waals surface area contributed by atoms with Crippen LogP contribution in [0.1, 0.15) is 27.2 Å². The maximum atomic E-state index is 10.9. The van der Waals surface area contributed by atoms with Crippen LogP contribution in [0.4, 0.5) is 0 Å². The topological polar surface area (TPSA) is 55.8 Å². The third-order valence-corrected chi connectivity index (χ3v) is 3.54. The zero-order valence-electron chi connectivity index (χ0n) is 10.4. The van der Waals surface area contributed by atoms with Gasteiger partial charge in [0, 0.05) is 12.7 Å². The maximum absolute atomic E-state index is 10.9. The first-order valence-corrected chi connectivity index (χ1v) is 5.41. The first kappa shape index (κ1) is 13.2. The standard InChI is InChI=1S/C12H20O4/c1-8(11(13)14)10-5-9(12(10,2)3)6-16-7-15-4/h9H,5-7H2,1-4H3,(H,13,14). The molecule has 0 aromatic rings. The van der Waals surface area contributed by atoms with Crippen molar-refractivity contribution in [3.05, 3.63) is 11.1 Å². The van der Waals surface area contributed by atoms with E-state index in [0.29, 0.717) is 24.9 Å². The van der Waals surface area contributed by atoms with Crippen molar-refractivity contribution >= 4 is 5.97 Å². The van der Waals surface area contributed by atoms with Crippen LogP contribution in [0.2, 0.25) is 0 Å². The highest BCUT2D eigenvalue weighted by atomic mass is 16.7. The summed E-state index contributed by atoms with van der Waals surface area (Å²) < 4.78 is 10.1. The zero-order valence-corrected chi connectivity index (χ0v) is 10.4. The van der Waals surface area contributed by atoms with Crippen molar-refractivity contribution in [1.29, 1.82) is 0 Å². The molecule has 4 nitrogen and oxygen atoms in total. The number of hydrogen-bond donors (Lipinski definition) is 1. The SMILES string of the molecule is COCOCC1CC(=C(C)C(=O)O)C1(C)C. The average Bonchev–Trinajstić information content (AvgIpc) is 2.21. The van der Waals surface area contributed by atoms with Crippen molar-refractivity contribution in [1.82, 2.24) is 0 Å².